The average Bonchev–Trinajstić information content (AvgIpc) is 2.42. The highest BCUT2D eigenvalue weighted by Crippen LogP contribution is 2.19. The Morgan fingerprint density at radius 3 is 2.62 bits per heavy atom. The average molecular weight is 315 g/mol. The maximum absolute atomic E-state index is 12.1. The van der Waals surface area contributed by atoms with Crippen molar-refractivity contribution in [3.05, 3.63) is 23.8 Å². The Bertz CT molecular complexity index is 601. The summed E-state index contributed by atoms with van der Waals surface area (Å²) in [6.07, 6.45) is 1.33. The number of carbonyl (C=O) groups excluding carboxylic acids is 1. The van der Waals surface area contributed by atoms with E-state index in [1.54, 1.807) is 0 Å². The molecule has 0 aromatic heterocycles. The zero-order valence-corrected chi connectivity index (χ0v) is 12.7. The number of nitrogens with two attached hydrogens (primary N) is 2. The number of aliphatic hydroxyl groups excluding tert-OH is 1. The molecule has 0 heterocycles. The number of primary amides is 1. The third kappa shape index (κ3) is 5.00. The second-order valence-electron chi connectivity index (χ2n) is 4.94. The van der Waals surface area contributed by atoms with Gasteiger partial charge in [0.2, 0.25) is 15.9 Å². The van der Waals surface area contributed by atoms with Crippen LogP contribution in [0.2, 0.25) is 0 Å². The van der Waals surface area contributed by atoms with Crippen molar-refractivity contribution < 1.29 is 18.3 Å². The van der Waals surface area contributed by atoms with Crippen LogP contribution in [-0.2, 0) is 10.0 Å². The van der Waals surface area contributed by atoms with Crippen LogP contribution < -0.4 is 16.2 Å². The number of hydrogen-bond donors (Lipinski definition) is 4. The zero-order chi connectivity index (χ0) is 16.0. The molecule has 0 aliphatic carbocycles. The van der Waals surface area contributed by atoms with Gasteiger partial charge in [0, 0.05) is 18.7 Å². The molecule has 0 aliphatic heterocycles. The van der Waals surface area contributed by atoms with Crippen LogP contribution in [0, 0.1) is 5.92 Å². The summed E-state index contributed by atoms with van der Waals surface area (Å²) in [5.41, 5.74) is 10.9. The fraction of sp³-hybridized carbons (Fsp3) is 0.462. The van der Waals surface area contributed by atoms with Gasteiger partial charge >= 0.3 is 0 Å². The molecule has 0 radical (unpaired) electrons. The van der Waals surface area contributed by atoms with Crippen LogP contribution in [0.25, 0.3) is 0 Å². The summed E-state index contributed by atoms with van der Waals surface area (Å²) in [6, 6.07) is 3.82. The molecule has 1 unspecified atom stereocenters. The van der Waals surface area contributed by atoms with E-state index in [0.717, 1.165) is 6.42 Å². The van der Waals surface area contributed by atoms with Gasteiger partial charge in [0.05, 0.1) is 5.69 Å². The molecule has 21 heavy (non-hydrogen) atoms. The first-order valence-electron chi connectivity index (χ1n) is 6.57. The predicted molar refractivity (Wildman–Crippen MR) is 80.0 cm³/mol. The Labute approximate surface area is 124 Å². The van der Waals surface area contributed by atoms with E-state index in [1.807, 2.05) is 6.92 Å². The molecular formula is C13H21N3O4S. The van der Waals surface area contributed by atoms with Gasteiger partial charge < -0.3 is 16.6 Å². The Balaban J connectivity index is 2.72. The first kappa shape index (κ1) is 17.4. The molecular weight excluding hydrogens is 294 g/mol. The SMILES string of the molecule is CC(CO)CCCNS(=O)(=O)c1ccc(C(N)=O)cc1N. The molecule has 6 N–H and O–H groups in total. The van der Waals surface area contributed by atoms with Gasteiger partial charge in [-0.3, -0.25) is 4.79 Å². The third-order valence-electron chi connectivity index (χ3n) is 3.06. The minimum Gasteiger partial charge on any atom is -0.398 e. The summed E-state index contributed by atoms with van der Waals surface area (Å²) in [7, 11) is -3.73. The molecule has 0 aliphatic rings. The van der Waals surface area contributed by atoms with E-state index >= 15 is 0 Å². The second kappa shape index (κ2) is 7.39. The highest BCUT2D eigenvalue weighted by Gasteiger charge is 2.18. The van der Waals surface area contributed by atoms with Crippen LogP contribution >= 0.6 is 0 Å². The number of nitrogen functional groups attached to an aromatic ring is 1. The number of benzene rings is 1. The Morgan fingerprint density at radius 2 is 2.10 bits per heavy atom. The standard InChI is InChI=1S/C13H21N3O4S/c1-9(8-17)3-2-6-16-21(19,20)12-5-4-10(13(15)18)7-11(12)14/h4-5,7,9,16-17H,2-3,6,8,14H2,1H3,(H2,15,18). The molecule has 1 amide bonds. The van der Waals surface area contributed by atoms with E-state index in [0.29, 0.717) is 6.42 Å². The summed E-state index contributed by atoms with van der Waals surface area (Å²) < 4.78 is 26.6. The number of rotatable bonds is 8. The van der Waals surface area contributed by atoms with Crippen LogP contribution in [0.5, 0.6) is 0 Å². The number of nitrogens with one attached hydrogen (secondary N) is 1. The lowest BCUT2D eigenvalue weighted by Crippen LogP contribution is -2.26. The Morgan fingerprint density at radius 1 is 1.43 bits per heavy atom. The Hall–Kier alpha value is -1.64. The molecule has 0 spiro atoms. The maximum Gasteiger partial charge on any atom is 0.248 e. The first-order chi connectivity index (χ1) is 9.77. The lowest BCUT2D eigenvalue weighted by atomic mass is 10.1. The van der Waals surface area contributed by atoms with E-state index < -0.39 is 15.9 Å². The summed E-state index contributed by atoms with van der Waals surface area (Å²) >= 11 is 0. The van der Waals surface area contributed by atoms with E-state index in [-0.39, 0.29) is 35.2 Å². The quantitative estimate of drug-likeness (QED) is 0.397. The van der Waals surface area contributed by atoms with Crippen molar-refractivity contribution in [3.63, 3.8) is 0 Å². The number of sulfonamides is 1. The highest BCUT2D eigenvalue weighted by atomic mass is 32.2. The minimum atomic E-state index is -3.73. The highest BCUT2D eigenvalue weighted by molar-refractivity contribution is 7.89. The summed E-state index contributed by atoms with van der Waals surface area (Å²) in [4.78, 5) is 10.9. The molecule has 7 nitrogen and oxygen atoms in total. The van der Waals surface area contributed by atoms with Gasteiger partial charge in [0.25, 0.3) is 0 Å². The van der Waals surface area contributed by atoms with Crippen molar-refractivity contribution >= 4 is 21.6 Å². The number of carbonyl (C=O) groups is 1. The molecule has 1 aromatic carbocycles. The maximum atomic E-state index is 12.1. The fourth-order valence-electron chi connectivity index (χ4n) is 1.77. The molecule has 8 heteroatoms. The molecule has 0 saturated heterocycles. The third-order valence-corrected chi connectivity index (χ3v) is 4.60. The zero-order valence-electron chi connectivity index (χ0n) is 11.9. The largest absolute Gasteiger partial charge is 0.398 e. The van der Waals surface area contributed by atoms with Crippen molar-refractivity contribution in [2.24, 2.45) is 11.7 Å². The summed E-state index contributed by atoms with van der Waals surface area (Å²) in [5.74, 6) is -0.536. The van der Waals surface area contributed by atoms with Crippen LogP contribution in [0.1, 0.15) is 30.1 Å². The number of hydrogen-bond acceptors (Lipinski definition) is 5. The lowest BCUT2D eigenvalue weighted by Gasteiger charge is -2.11. The van der Waals surface area contributed by atoms with Gasteiger partial charge in [0.1, 0.15) is 4.90 Å². The van der Waals surface area contributed by atoms with E-state index in [2.05, 4.69) is 4.72 Å². The second-order valence-corrected chi connectivity index (χ2v) is 6.68. The van der Waals surface area contributed by atoms with Gasteiger partial charge in [-0.2, -0.15) is 0 Å². The van der Waals surface area contributed by atoms with E-state index in [1.165, 1.54) is 18.2 Å². The van der Waals surface area contributed by atoms with E-state index in [4.69, 9.17) is 16.6 Å². The molecule has 1 aromatic rings. The topological polar surface area (TPSA) is 136 Å². The van der Waals surface area contributed by atoms with Gasteiger partial charge in [-0.1, -0.05) is 6.92 Å². The first-order valence-corrected chi connectivity index (χ1v) is 8.06. The molecule has 0 fully saturated rings. The van der Waals surface area contributed by atoms with Gasteiger partial charge in [0.15, 0.2) is 0 Å². The normalized spacial score (nSPS) is 13.0. The minimum absolute atomic E-state index is 0.0254. The monoisotopic (exact) mass is 315 g/mol. The van der Waals surface area contributed by atoms with Crippen LogP contribution in [0.3, 0.4) is 0 Å². The lowest BCUT2D eigenvalue weighted by molar-refractivity contribution is 0.1000. The van der Waals surface area contributed by atoms with Crippen LogP contribution in [0.4, 0.5) is 5.69 Å². The molecule has 0 bridgehead atoms. The molecule has 1 atom stereocenters. The Kier molecular flexibility index (Phi) is 6.13. The van der Waals surface area contributed by atoms with Gasteiger partial charge in [-0.15, -0.1) is 0 Å². The molecule has 118 valence electrons. The number of aliphatic hydroxyl groups is 1. The van der Waals surface area contributed by atoms with Gasteiger partial charge in [-0.25, -0.2) is 13.1 Å². The van der Waals surface area contributed by atoms with Crippen molar-refractivity contribution in [3.8, 4) is 0 Å². The van der Waals surface area contributed by atoms with Crippen LogP contribution in [0.15, 0.2) is 23.1 Å². The number of amides is 1. The summed E-state index contributed by atoms with van der Waals surface area (Å²) in [5, 5.41) is 8.89. The molecule has 1 rings (SSSR count). The van der Waals surface area contributed by atoms with Crippen molar-refractivity contribution in [1.29, 1.82) is 0 Å². The predicted octanol–water partition coefficient (Wildman–Crippen LogP) is 0.0546. The van der Waals surface area contributed by atoms with Crippen LogP contribution in [-0.4, -0.2) is 32.6 Å². The smallest absolute Gasteiger partial charge is 0.248 e. The van der Waals surface area contributed by atoms with Crippen molar-refractivity contribution in [2.75, 3.05) is 18.9 Å². The fourth-order valence-corrected chi connectivity index (χ4v) is 2.96. The van der Waals surface area contributed by atoms with Crippen molar-refractivity contribution in [1.82, 2.24) is 4.72 Å². The number of anilines is 1. The summed E-state index contributed by atoms with van der Waals surface area (Å²) in [6.45, 7) is 2.22. The van der Waals surface area contributed by atoms with Crippen molar-refractivity contribution in [2.45, 2.75) is 24.7 Å². The van der Waals surface area contributed by atoms with E-state index in [9.17, 15) is 13.2 Å². The molecule has 0 saturated carbocycles. The van der Waals surface area contributed by atoms with Gasteiger partial charge in [-0.05, 0) is 37.0 Å².